The van der Waals surface area contributed by atoms with Crippen LogP contribution in [0.25, 0.3) is 0 Å². The quantitative estimate of drug-likeness (QED) is 0.540. The first-order valence-electron chi connectivity index (χ1n) is 9.74. The highest BCUT2D eigenvalue weighted by Crippen LogP contribution is 2.36. The summed E-state index contributed by atoms with van der Waals surface area (Å²) in [6.45, 7) is 2.09. The van der Waals surface area contributed by atoms with E-state index in [0.717, 1.165) is 5.75 Å². The minimum atomic E-state index is -1.49. The number of carbonyl (C=O) groups is 1. The van der Waals surface area contributed by atoms with Crippen molar-refractivity contribution in [2.45, 2.75) is 31.1 Å². The molecular formula is C22H27NO7. The fraction of sp³-hybridized carbons (Fsp3) is 0.409. The smallest absolute Gasteiger partial charge is 0.351 e. The number of nitrogens with one attached hydrogen (secondary N) is 1. The molecule has 1 aliphatic heterocycles. The van der Waals surface area contributed by atoms with Crippen LogP contribution in [0.2, 0.25) is 0 Å². The van der Waals surface area contributed by atoms with Gasteiger partial charge in [-0.25, -0.2) is 4.79 Å². The highest BCUT2D eigenvalue weighted by atomic mass is 16.6. The normalized spacial score (nSPS) is 19.6. The van der Waals surface area contributed by atoms with Gasteiger partial charge in [0.15, 0.2) is 11.5 Å². The number of carboxylic acids is 1. The van der Waals surface area contributed by atoms with E-state index in [4.69, 9.17) is 18.9 Å². The number of carboxylic acid groups (broad SMARTS) is 1. The molecule has 3 rings (SSSR count). The molecule has 30 heavy (non-hydrogen) atoms. The summed E-state index contributed by atoms with van der Waals surface area (Å²) in [5.74, 6) is 1.20. The number of ether oxygens (including phenoxy) is 4. The highest BCUT2D eigenvalue weighted by molar-refractivity contribution is 5.79. The van der Waals surface area contributed by atoms with Crippen LogP contribution in [0.3, 0.4) is 0 Å². The third kappa shape index (κ3) is 5.34. The van der Waals surface area contributed by atoms with Gasteiger partial charge < -0.3 is 34.5 Å². The summed E-state index contributed by atoms with van der Waals surface area (Å²) < 4.78 is 22.1. The molecule has 0 saturated heterocycles. The van der Waals surface area contributed by atoms with Gasteiger partial charge in [0.2, 0.25) is 5.60 Å². The minimum Gasteiger partial charge on any atom is -0.497 e. The zero-order valence-electron chi connectivity index (χ0n) is 17.0. The van der Waals surface area contributed by atoms with Crippen LogP contribution >= 0.6 is 0 Å². The van der Waals surface area contributed by atoms with Crippen molar-refractivity contribution in [3.63, 3.8) is 0 Å². The summed E-state index contributed by atoms with van der Waals surface area (Å²) in [5, 5.41) is 23.1. The first kappa shape index (κ1) is 21.7. The summed E-state index contributed by atoms with van der Waals surface area (Å²) in [7, 11) is 1.59. The lowest BCUT2D eigenvalue weighted by atomic mass is 9.94. The van der Waals surface area contributed by atoms with Crippen LogP contribution in [0.1, 0.15) is 13.3 Å². The molecule has 8 nitrogen and oxygen atoms in total. The Bertz CT molecular complexity index is 842. The average Bonchev–Trinajstić information content (AvgIpc) is 2.76. The Morgan fingerprint density at radius 2 is 1.83 bits per heavy atom. The number of para-hydroxylation sites is 2. The van der Waals surface area contributed by atoms with Crippen molar-refractivity contribution in [2.24, 2.45) is 0 Å². The van der Waals surface area contributed by atoms with E-state index < -0.39 is 17.7 Å². The van der Waals surface area contributed by atoms with E-state index in [-0.39, 0.29) is 32.2 Å². The maximum absolute atomic E-state index is 12.0. The Morgan fingerprint density at radius 1 is 1.17 bits per heavy atom. The molecule has 0 aliphatic carbocycles. The van der Waals surface area contributed by atoms with Crippen LogP contribution in [0, 0.1) is 0 Å². The maximum atomic E-state index is 12.0. The van der Waals surface area contributed by atoms with Crippen molar-refractivity contribution in [1.29, 1.82) is 0 Å². The third-order valence-corrected chi connectivity index (χ3v) is 4.84. The van der Waals surface area contributed by atoms with Gasteiger partial charge in [0.05, 0.1) is 7.11 Å². The number of hydrogen-bond donors (Lipinski definition) is 3. The van der Waals surface area contributed by atoms with E-state index in [2.05, 4.69) is 5.32 Å². The first-order valence-corrected chi connectivity index (χ1v) is 9.74. The molecule has 0 radical (unpaired) electrons. The Hall–Kier alpha value is -2.97. The second-order valence-corrected chi connectivity index (χ2v) is 7.29. The van der Waals surface area contributed by atoms with Crippen LogP contribution < -0.4 is 24.3 Å². The Balaban J connectivity index is 1.48. The highest BCUT2D eigenvalue weighted by Gasteiger charge is 2.46. The van der Waals surface area contributed by atoms with E-state index in [9.17, 15) is 15.0 Å². The number of fused-ring (bicyclic) bond motifs is 1. The molecular weight excluding hydrogens is 390 g/mol. The molecule has 3 atom stereocenters. The standard InChI is InChI=1S/C22H27NO7/c1-15(23-12-16(24)13-28-18-9-7-17(27-2)8-10-18)11-22(21(25)26)14-29-19-5-3-4-6-20(19)30-22/h3-10,15-16,23-24H,11-14H2,1-2H3,(H,25,26)/t15-,16+,22-/m1/s1. The predicted octanol–water partition coefficient (Wildman–Crippen LogP) is 2.10. The van der Waals surface area contributed by atoms with Crippen molar-refractivity contribution in [3.8, 4) is 23.0 Å². The molecule has 2 aromatic rings. The number of aliphatic carboxylic acids is 1. The Morgan fingerprint density at radius 3 is 2.50 bits per heavy atom. The van der Waals surface area contributed by atoms with E-state index >= 15 is 0 Å². The minimum absolute atomic E-state index is 0.0888. The van der Waals surface area contributed by atoms with Gasteiger partial charge in [-0.1, -0.05) is 12.1 Å². The van der Waals surface area contributed by atoms with Gasteiger partial charge in [-0.2, -0.15) is 0 Å². The third-order valence-electron chi connectivity index (χ3n) is 4.84. The number of aliphatic hydroxyl groups excluding tert-OH is 1. The van der Waals surface area contributed by atoms with Crippen molar-refractivity contribution >= 4 is 5.97 Å². The van der Waals surface area contributed by atoms with Crippen LogP contribution in [0.5, 0.6) is 23.0 Å². The number of benzene rings is 2. The van der Waals surface area contributed by atoms with Gasteiger partial charge in [-0.15, -0.1) is 0 Å². The van der Waals surface area contributed by atoms with Crippen molar-refractivity contribution in [1.82, 2.24) is 5.32 Å². The molecule has 8 heteroatoms. The maximum Gasteiger partial charge on any atom is 0.351 e. The number of hydrogen-bond acceptors (Lipinski definition) is 7. The van der Waals surface area contributed by atoms with Crippen LogP contribution in [0.15, 0.2) is 48.5 Å². The number of methoxy groups -OCH3 is 1. The summed E-state index contributed by atoms with van der Waals surface area (Å²) in [4.78, 5) is 12.0. The van der Waals surface area contributed by atoms with Crippen LogP contribution in [0.4, 0.5) is 0 Å². The molecule has 1 aliphatic rings. The van der Waals surface area contributed by atoms with Gasteiger partial charge >= 0.3 is 5.97 Å². The van der Waals surface area contributed by atoms with Crippen molar-refractivity contribution in [2.75, 3.05) is 26.9 Å². The van der Waals surface area contributed by atoms with Crippen LogP contribution in [-0.2, 0) is 4.79 Å². The Labute approximate surface area is 175 Å². The molecule has 0 saturated carbocycles. The lowest BCUT2D eigenvalue weighted by Crippen LogP contribution is -2.55. The fourth-order valence-electron chi connectivity index (χ4n) is 3.21. The summed E-state index contributed by atoms with van der Waals surface area (Å²) in [6, 6.07) is 13.8. The zero-order valence-corrected chi connectivity index (χ0v) is 17.0. The summed E-state index contributed by atoms with van der Waals surface area (Å²) in [6.07, 6.45) is -0.595. The molecule has 162 valence electrons. The average molecular weight is 417 g/mol. The molecule has 0 fully saturated rings. The van der Waals surface area contributed by atoms with Crippen LogP contribution in [-0.4, -0.2) is 60.8 Å². The first-order chi connectivity index (χ1) is 14.4. The second kappa shape index (κ2) is 9.69. The topological polar surface area (TPSA) is 106 Å². The van der Waals surface area contributed by atoms with E-state index in [0.29, 0.717) is 17.2 Å². The molecule has 0 unspecified atom stereocenters. The SMILES string of the molecule is COc1ccc(OC[C@@H](O)CN[C@H](C)C[C@]2(C(=O)O)COc3ccccc3O2)cc1. The van der Waals surface area contributed by atoms with Gasteiger partial charge in [-0.05, 0) is 43.3 Å². The molecule has 3 N–H and O–H groups in total. The van der Waals surface area contributed by atoms with Crippen molar-refractivity contribution in [3.05, 3.63) is 48.5 Å². The largest absolute Gasteiger partial charge is 0.497 e. The second-order valence-electron chi connectivity index (χ2n) is 7.29. The lowest BCUT2D eigenvalue weighted by molar-refractivity contribution is -0.162. The van der Waals surface area contributed by atoms with Crippen molar-refractivity contribution < 1.29 is 34.0 Å². The predicted molar refractivity (Wildman–Crippen MR) is 110 cm³/mol. The molecule has 0 spiro atoms. The van der Waals surface area contributed by atoms with Gasteiger partial charge in [-0.3, -0.25) is 0 Å². The molecule has 0 amide bonds. The van der Waals surface area contributed by atoms with Gasteiger partial charge in [0.25, 0.3) is 0 Å². The number of rotatable bonds is 10. The Kier molecular flexibility index (Phi) is 7.02. The molecule has 0 aromatic heterocycles. The van der Waals surface area contributed by atoms with E-state index in [1.54, 1.807) is 55.6 Å². The van der Waals surface area contributed by atoms with E-state index in [1.807, 2.05) is 6.92 Å². The summed E-state index contributed by atoms with van der Waals surface area (Å²) in [5.41, 5.74) is -1.49. The monoisotopic (exact) mass is 417 g/mol. The van der Waals surface area contributed by atoms with Gasteiger partial charge in [0, 0.05) is 19.0 Å². The molecule has 2 aromatic carbocycles. The molecule has 0 bridgehead atoms. The zero-order chi connectivity index (χ0) is 21.6. The van der Waals surface area contributed by atoms with E-state index in [1.165, 1.54) is 0 Å². The fourth-order valence-corrected chi connectivity index (χ4v) is 3.21. The number of aliphatic hydroxyl groups is 1. The molecule has 1 heterocycles. The summed E-state index contributed by atoms with van der Waals surface area (Å²) >= 11 is 0. The van der Waals surface area contributed by atoms with Gasteiger partial charge in [0.1, 0.15) is 30.8 Å². The lowest BCUT2D eigenvalue weighted by Gasteiger charge is -2.36.